The van der Waals surface area contributed by atoms with Crippen LogP contribution in [0.2, 0.25) is 0 Å². The third kappa shape index (κ3) is 15.1. The fourth-order valence-corrected chi connectivity index (χ4v) is 0.680. The zero-order valence-electron chi connectivity index (χ0n) is 7.84. The van der Waals surface area contributed by atoms with Crippen LogP contribution in [0.15, 0.2) is 36.5 Å². The van der Waals surface area contributed by atoms with Crippen LogP contribution in [0.5, 0.6) is 0 Å². The molecular weight excluding hydrogens is 398 g/mol. The average molecular weight is 410 g/mol. The van der Waals surface area contributed by atoms with Gasteiger partial charge in [-0.2, -0.15) is 12.2 Å². The van der Waals surface area contributed by atoms with Gasteiger partial charge in [0.1, 0.15) is 0 Å². The van der Waals surface area contributed by atoms with Crippen molar-refractivity contribution in [3.8, 4) is 0 Å². The van der Waals surface area contributed by atoms with E-state index in [1.165, 1.54) is 23.0 Å². The van der Waals surface area contributed by atoms with Gasteiger partial charge < -0.3 is 24.8 Å². The normalized spacial score (nSPS) is 13.0. The summed E-state index contributed by atoms with van der Waals surface area (Å²) >= 11 is 1.33. The summed E-state index contributed by atoms with van der Waals surface area (Å²) in [7, 11) is 0. The van der Waals surface area contributed by atoms with Crippen LogP contribution < -0.4 is 24.8 Å². The molecule has 0 aromatic heterocycles. The first-order chi connectivity index (χ1) is 6.00. The summed E-state index contributed by atoms with van der Waals surface area (Å²) in [6, 6.07) is 0. The molecule has 0 N–H and O–H groups in total. The standard InChI is InChI=1S/2C5H5.2ClH.Hf.H2Si/c2*1-2-4-5-3-1;;;;/h2*1-3H,4H2;2*1H;;1H2/q2*-1;;;+2;/p-2. The number of hydrogen-bond acceptors (Lipinski definition) is 0. The number of allylic oxidation sites excluding steroid dienone is 8. The Morgan fingerprint density at radius 3 is 1.29 bits per heavy atom. The van der Waals surface area contributed by atoms with E-state index in [0.717, 1.165) is 12.8 Å². The van der Waals surface area contributed by atoms with Crippen molar-refractivity contribution in [2.75, 3.05) is 0 Å². The summed E-state index contributed by atoms with van der Waals surface area (Å²) in [5, 5.41) is 0. The first kappa shape index (κ1) is 20.1. The number of hydrogen-bond donors (Lipinski definition) is 0. The maximum atomic E-state index is 2.99. The van der Waals surface area contributed by atoms with Gasteiger partial charge in [0.2, 0.25) is 0 Å². The van der Waals surface area contributed by atoms with Crippen LogP contribution in [0.25, 0.3) is 0 Å². The van der Waals surface area contributed by atoms with Crippen LogP contribution >= 0.6 is 0 Å². The molecule has 0 saturated heterocycles. The molecule has 0 aromatic carbocycles. The predicted molar refractivity (Wildman–Crippen MR) is 51.7 cm³/mol. The fraction of sp³-hybridized carbons (Fsp3) is 0.200. The minimum absolute atomic E-state index is 0. The summed E-state index contributed by atoms with van der Waals surface area (Å²) in [4.78, 5) is 0. The van der Waals surface area contributed by atoms with Gasteiger partial charge in [-0.1, -0.05) is 0 Å². The van der Waals surface area contributed by atoms with E-state index in [1.54, 1.807) is 0 Å². The summed E-state index contributed by atoms with van der Waals surface area (Å²) in [6.45, 7) is 2.00. The van der Waals surface area contributed by atoms with E-state index in [9.17, 15) is 0 Å². The van der Waals surface area contributed by atoms with Crippen molar-refractivity contribution >= 4 is 6.94 Å². The molecule has 2 aliphatic rings. The van der Waals surface area contributed by atoms with E-state index in [4.69, 9.17) is 0 Å². The third-order valence-corrected chi connectivity index (χ3v) is 1.17. The fourth-order valence-electron chi connectivity index (χ4n) is 0.680. The van der Waals surface area contributed by atoms with Gasteiger partial charge in [0.15, 0.2) is 0 Å². The van der Waals surface area contributed by atoms with Gasteiger partial charge in [0, 0.05) is 0 Å². The van der Waals surface area contributed by atoms with Crippen molar-refractivity contribution < 1.29 is 47.8 Å². The summed E-state index contributed by atoms with van der Waals surface area (Å²) in [5.74, 6) is 0. The molecule has 2 aliphatic carbocycles. The minimum atomic E-state index is 0. The van der Waals surface area contributed by atoms with Crippen LogP contribution in [0.3, 0.4) is 0 Å². The Morgan fingerprint density at radius 1 is 0.857 bits per heavy atom. The molecule has 14 heavy (non-hydrogen) atoms. The molecule has 0 spiro atoms. The molecule has 0 aliphatic heterocycles. The van der Waals surface area contributed by atoms with Crippen LogP contribution in [0.1, 0.15) is 12.8 Å². The van der Waals surface area contributed by atoms with E-state index in [1.807, 2.05) is 31.2 Å². The zero-order valence-corrected chi connectivity index (χ0v) is 14.4. The Labute approximate surface area is 115 Å². The van der Waals surface area contributed by atoms with Crippen molar-refractivity contribution in [1.82, 2.24) is 0 Å². The Kier molecular flexibility index (Phi) is 27.6. The van der Waals surface area contributed by atoms with E-state index in [2.05, 4.69) is 24.3 Å². The first-order valence-electron chi connectivity index (χ1n) is 3.79. The van der Waals surface area contributed by atoms with E-state index < -0.39 is 0 Å². The molecule has 0 bridgehead atoms. The number of halogens is 2. The molecular formula is C10H12Cl2HfSi-2. The first-order valence-corrected chi connectivity index (χ1v) is 12.1. The van der Waals surface area contributed by atoms with Crippen molar-refractivity contribution in [2.24, 2.45) is 0 Å². The van der Waals surface area contributed by atoms with Crippen molar-refractivity contribution in [3.05, 3.63) is 48.6 Å². The van der Waals surface area contributed by atoms with Gasteiger partial charge in [-0.05, 0) is 0 Å². The van der Waals surface area contributed by atoms with Crippen molar-refractivity contribution in [1.29, 1.82) is 0 Å². The molecule has 0 nitrogen and oxygen atoms in total. The van der Waals surface area contributed by atoms with Crippen molar-refractivity contribution in [3.63, 3.8) is 0 Å². The third-order valence-electron chi connectivity index (χ3n) is 1.17. The van der Waals surface area contributed by atoms with Gasteiger partial charge >= 0.3 is 29.9 Å². The van der Waals surface area contributed by atoms with Gasteiger partial charge in [0.05, 0.1) is 0 Å². The monoisotopic (exact) mass is 410 g/mol. The second kappa shape index (κ2) is 19.2. The molecule has 0 fully saturated rings. The van der Waals surface area contributed by atoms with Crippen LogP contribution in [-0.4, -0.2) is 6.94 Å². The summed E-state index contributed by atoms with van der Waals surface area (Å²) in [6.07, 6.45) is 20.0. The SMILES string of the molecule is [C-]1=CC=CC1.[C-]1=CC=CC1.[Cl-].[Cl-].[SiH2]=[Hf+2]. The topological polar surface area (TPSA) is 0 Å². The van der Waals surface area contributed by atoms with Gasteiger partial charge in [0.25, 0.3) is 0 Å². The average Bonchev–Trinajstić information content (AvgIpc) is 2.87. The van der Waals surface area contributed by atoms with E-state index >= 15 is 0 Å². The molecule has 0 unspecified atom stereocenters. The van der Waals surface area contributed by atoms with Gasteiger partial charge in [-0.15, -0.1) is 12.8 Å². The quantitative estimate of drug-likeness (QED) is 0.281. The predicted octanol–water partition coefficient (Wildman–Crippen LogP) is -4.30. The summed E-state index contributed by atoms with van der Waals surface area (Å²) in [5.41, 5.74) is 0. The van der Waals surface area contributed by atoms with Gasteiger partial charge in [-0.25, -0.2) is 24.3 Å². The zero-order chi connectivity index (χ0) is 9.07. The van der Waals surface area contributed by atoms with Crippen LogP contribution in [-0.2, 0) is 23.0 Å². The van der Waals surface area contributed by atoms with E-state index in [-0.39, 0.29) is 24.8 Å². The van der Waals surface area contributed by atoms with Crippen molar-refractivity contribution in [2.45, 2.75) is 12.8 Å². The Hall–Kier alpha value is 0.627. The molecule has 0 heterocycles. The molecule has 2 rings (SSSR count). The Balaban J connectivity index is -0.000000131. The van der Waals surface area contributed by atoms with Crippen LogP contribution in [0, 0.1) is 12.2 Å². The molecule has 0 amide bonds. The van der Waals surface area contributed by atoms with E-state index in [0.29, 0.717) is 0 Å². The molecule has 0 radical (unpaired) electrons. The maximum absolute atomic E-state index is 2.99. The second-order valence-corrected chi connectivity index (χ2v) is 2.01. The van der Waals surface area contributed by atoms with Gasteiger partial charge in [-0.3, -0.25) is 12.2 Å². The summed E-state index contributed by atoms with van der Waals surface area (Å²) < 4.78 is 0. The molecule has 0 atom stereocenters. The molecule has 4 heteroatoms. The Morgan fingerprint density at radius 2 is 1.21 bits per heavy atom. The van der Waals surface area contributed by atoms with Crippen LogP contribution in [0.4, 0.5) is 0 Å². The molecule has 76 valence electrons. The Bertz CT molecular complexity index is 168. The molecule has 0 aromatic rings. The molecule has 0 saturated carbocycles. The second-order valence-electron chi connectivity index (χ2n) is 2.01. The number of rotatable bonds is 0.